The number of amides is 2. The second-order valence-electron chi connectivity index (χ2n) is 4.76. The van der Waals surface area contributed by atoms with Crippen LogP contribution in [0.4, 0.5) is 30.6 Å². The van der Waals surface area contributed by atoms with Crippen LogP contribution in [0, 0.1) is 17.0 Å². The van der Waals surface area contributed by atoms with Gasteiger partial charge in [0.2, 0.25) is 0 Å². The molecule has 0 unspecified atom stereocenters. The van der Waals surface area contributed by atoms with E-state index in [2.05, 4.69) is 15.4 Å². The van der Waals surface area contributed by atoms with Crippen LogP contribution >= 0.6 is 0 Å². The number of nitro benzene ring substituents is 1. The highest BCUT2D eigenvalue weighted by Crippen LogP contribution is 2.27. The summed E-state index contributed by atoms with van der Waals surface area (Å²) in [6.45, 7) is -1.35. The third kappa shape index (κ3) is 4.63. The lowest BCUT2D eigenvalue weighted by Gasteiger charge is -2.13. The largest absolute Gasteiger partial charge is 0.433 e. The zero-order valence-electron chi connectivity index (χ0n) is 12.5. The number of hydrogen-bond acceptors (Lipinski definition) is 4. The second-order valence-corrected chi connectivity index (χ2v) is 4.76. The highest BCUT2D eigenvalue weighted by Gasteiger charge is 2.13. The van der Waals surface area contributed by atoms with Crippen LogP contribution in [0.15, 0.2) is 42.5 Å². The van der Waals surface area contributed by atoms with Gasteiger partial charge in [0.25, 0.3) is 5.69 Å². The van der Waals surface area contributed by atoms with Gasteiger partial charge in [0.05, 0.1) is 10.6 Å². The predicted octanol–water partition coefficient (Wildman–Crippen LogP) is 4.15. The number of ether oxygens (including phenoxy) is 1. The molecular formula is C15H13F2N3O4. The zero-order valence-corrected chi connectivity index (χ0v) is 12.5. The Morgan fingerprint density at radius 1 is 1.21 bits per heavy atom. The molecule has 0 aliphatic carbocycles. The van der Waals surface area contributed by atoms with Crippen LogP contribution in [0.5, 0.6) is 5.75 Å². The third-order valence-electron chi connectivity index (χ3n) is 2.92. The van der Waals surface area contributed by atoms with E-state index in [1.807, 2.05) is 0 Å². The highest BCUT2D eigenvalue weighted by molar-refractivity contribution is 6.00. The number of nitrogens with one attached hydrogen (secondary N) is 2. The van der Waals surface area contributed by atoms with Crippen molar-refractivity contribution in [2.75, 3.05) is 10.6 Å². The number of carbonyl (C=O) groups excluding carboxylic acids is 1. The first-order chi connectivity index (χ1) is 11.3. The molecule has 2 N–H and O–H groups in total. The van der Waals surface area contributed by atoms with Crippen molar-refractivity contribution in [2.24, 2.45) is 0 Å². The lowest BCUT2D eigenvalue weighted by Crippen LogP contribution is -2.20. The van der Waals surface area contributed by atoms with Gasteiger partial charge in [0, 0.05) is 17.8 Å². The monoisotopic (exact) mass is 337 g/mol. The Balaban J connectivity index is 2.12. The Labute approximate surface area is 135 Å². The van der Waals surface area contributed by atoms with Crippen molar-refractivity contribution < 1.29 is 23.2 Å². The molecule has 9 heteroatoms. The molecule has 24 heavy (non-hydrogen) atoms. The molecule has 0 aliphatic rings. The molecule has 7 nitrogen and oxygen atoms in total. The van der Waals surface area contributed by atoms with E-state index in [1.54, 1.807) is 13.0 Å². The van der Waals surface area contributed by atoms with Crippen molar-refractivity contribution in [1.29, 1.82) is 0 Å². The van der Waals surface area contributed by atoms with Gasteiger partial charge in [-0.25, -0.2) is 4.79 Å². The summed E-state index contributed by atoms with van der Waals surface area (Å²) in [5.74, 6) is -0.181. The molecule has 0 fully saturated rings. The lowest BCUT2D eigenvalue weighted by molar-refractivity contribution is -0.384. The van der Waals surface area contributed by atoms with Gasteiger partial charge in [-0.1, -0.05) is 12.1 Å². The SMILES string of the molecule is Cc1ccc(NC(=O)Nc2cccc([N+](=O)[O-])c2)c(OC(F)F)c1. The molecule has 0 bridgehead atoms. The number of non-ortho nitro benzene ring substituents is 1. The number of urea groups is 1. The Morgan fingerprint density at radius 2 is 1.96 bits per heavy atom. The summed E-state index contributed by atoms with van der Waals surface area (Å²) in [6.07, 6.45) is 0. The number of halogens is 2. The van der Waals surface area contributed by atoms with E-state index >= 15 is 0 Å². The van der Waals surface area contributed by atoms with E-state index in [0.717, 1.165) is 0 Å². The maximum absolute atomic E-state index is 12.4. The molecule has 0 spiro atoms. The van der Waals surface area contributed by atoms with Crippen molar-refractivity contribution in [3.8, 4) is 5.75 Å². The minimum Gasteiger partial charge on any atom is -0.433 e. The van der Waals surface area contributed by atoms with Crippen LogP contribution in [-0.4, -0.2) is 17.6 Å². The van der Waals surface area contributed by atoms with Crippen molar-refractivity contribution >= 4 is 23.1 Å². The summed E-state index contributed by atoms with van der Waals surface area (Å²) >= 11 is 0. The first kappa shape index (κ1) is 17.1. The maximum Gasteiger partial charge on any atom is 0.387 e. The summed E-state index contributed by atoms with van der Waals surface area (Å²) in [6, 6.07) is 8.95. The van der Waals surface area contributed by atoms with Gasteiger partial charge in [-0.15, -0.1) is 0 Å². The summed E-state index contributed by atoms with van der Waals surface area (Å²) in [5, 5.41) is 15.4. The predicted molar refractivity (Wildman–Crippen MR) is 83.5 cm³/mol. The van der Waals surface area contributed by atoms with Crippen LogP contribution in [0.25, 0.3) is 0 Å². The van der Waals surface area contributed by atoms with Gasteiger partial charge in [-0.3, -0.25) is 10.1 Å². The zero-order chi connectivity index (χ0) is 17.7. The number of benzene rings is 2. The summed E-state index contributed by atoms with van der Waals surface area (Å²) < 4.78 is 29.2. The van der Waals surface area contributed by atoms with Gasteiger partial charge < -0.3 is 15.4 Å². The molecule has 2 amide bonds. The fourth-order valence-electron chi connectivity index (χ4n) is 1.91. The number of anilines is 2. The number of rotatable bonds is 5. The van der Waals surface area contributed by atoms with Crippen LogP contribution in [0.1, 0.15) is 5.56 Å². The molecule has 0 radical (unpaired) electrons. The van der Waals surface area contributed by atoms with Crippen LogP contribution < -0.4 is 15.4 Å². The molecule has 0 atom stereocenters. The second kappa shape index (κ2) is 7.36. The van der Waals surface area contributed by atoms with E-state index in [-0.39, 0.29) is 22.8 Å². The molecule has 126 valence electrons. The molecule has 0 saturated heterocycles. The Kier molecular flexibility index (Phi) is 5.25. The molecule has 0 saturated carbocycles. The standard InChI is InChI=1S/C15H13F2N3O4/c1-9-5-6-12(13(7-9)24-14(16)17)19-15(21)18-10-3-2-4-11(8-10)20(22)23/h2-8,14H,1H3,(H2,18,19,21). The smallest absolute Gasteiger partial charge is 0.387 e. The molecule has 2 aromatic carbocycles. The van der Waals surface area contributed by atoms with Crippen molar-refractivity contribution in [3.63, 3.8) is 0 Å². The van der Waals surface area contributed by atoms with Gasteiger partial charge >= 0.3 is 12.6 Å². The highest BCUT2D eigenvalue weighted by atomic mass is 19.3. The third-order valence-corrected chi connectivity index (χ3v) is 2.92. The molecule has 0 aliphatic heterocycles. The quantitative estimate of drug-likeness (QED) is 0.633. The van der Waals surface area contributed by atoms with E-state index in [1.165, 1.54) is 36.4 Å². The number of aryl methyl sites for hydroxylation is 1. The summed E-state index contributed by atoms with van der Waals surface area (Å²) in [4.78, 5) is 22.1. The van der Waals surface area contributed by atoms with Gasteiger partial charge in [-0.2, -0.15) is 8.78 Å². The molecule has 0 aromatic heterocycles. The Hall–Kier alpha value is -3.23. The minimum atomic E-state index is -3.04. The molecule has 2 rings (SSSR count). The Morgan fingerprint density at radius 3 is 2.62 bits per heavy atom. The number of nitro groups is 1. The minimum absolute atomic E-state index is 0.0452. The van der Waals surface area contributed by atoms with E-state index in [0.29, 0.717) is 5.56 Å². The fourth-order valence-corrected chi connectivity index (χ4v) is 1.91. The fraction of sp³-hybridized carbons (Fsp3) is 0.133. The first-order valence-corrected chi connectivity index (χ1v) is 6.73. The van der Waals surface area contributed by atoms with Crippen molar-refractivity contribution in [1.82, 2.24) is 0 Å². The first-order valence-electron chi connectivity index (χ1n) is 6.73. The normalized spacial score (nSPS) is 10.3. The number of hydrogen-bond donors (Lipinski definition) is 2. The molecule has 2 aromatic rings. The van der Waals surface area contributed by atoms with Crippen LogP contribution in [-0.2, 0) is 0 Å². The number of nitrogens with zero attached hydrogens (tertiary/aromatic N) is 1. The Bertz CT molecular complexity index is 768. The number of alkyl halides is 2. The lowest BCUT2D eigenvalue weighted by atomic mass is 10.2. The summed E-state index contributed by atoms with van der Waals surface area (Å²) in [5.41, 5.74) is 0.717. The average molecular weight is 337 g/mol. The summed E-state index contributed by atoms with van der Waals surface area (Å²) in [7, 11) is 0. The molecule has 0 heterocycles. The van der Waals surface area contributed by atoms with Crippen molar-refractivity contribution in [2.45, 2.75) is 13.5 Å². The van der Waals surface area contributed by atoms with Gasteiger partial charge in [0.1, 0.15) is 5.75 Å². The van der Waals surface area contributed by atoms with Crippen LogP contribution in [0.3, 0.4) is 0 Å². The van der Waals surface area contributed by atoms with E-state index in [9.17, 15) is 23.7 Å². The maximum atomic E-state index is 12.4. The van der Waals surface area contributed by atoms with Gasteiger partial charge in [0.15, 0.2) is 0 Å². The molecular weight excluding hydrogens is 324 g/mol. The van der Waals surface area contributed by atoms with Crippen LogP contribution in [0.2, 0.25) is 0 Å². The topological polar surface area (TPSA) is 93.5 Å². The number of carbonyl (C=O) groups is 1. The van der Waals surface area contributed by atoms with Crippen molar-refractivity contribution in [3.05, 3.63) is 58.1 Å². The van der Waals surface area contributed by atoms with E-state index in [4.69, 9.17) is 0 Å². The van der Waals surface area contributed by atoms with Gasteiger partial charge in [-0.05, 0) is 30.7 Å². The average Bonchev–Trinajstić information content (AvgIpc) is 2.49. The van der Waals surface area contributed by atoms with E-state index < -0.39 is 17.6 Å².